The van der Waals surface area contributed by atoms with E-state index >= 15 is 0 Å². The van der Waals surface area contributed by atoms with Gasteiger partial charge in [-0.3, -0.25) is 0 Å². The summed E-state index contributed by atoms with van der Waals surface area (Å²) in [6.07, 6.45) is 3.35. The zero-order valence-corrected chi connectivity index (χ0v) is 17.7. The lowest BCUT2D eigenvalue weighted by molar-refractivity contribution is -0.133. The first-order valence-corrected chi connectivity index (χ1v) is 10.6. The fourth-order valence-corrected chi connectivity index (χ4v) is 4.91. The lowest BCUT2D eigenvalue weighted by atomic mass is 10.0. The molecule has 0 aliphatic carbocycles. The van der Waals surface area contributed by atoms with Crippen molar-refractivity contribution in [2.75, 3.05) is 13.2 Å². The number of aryl methyl sites for hydroxylation is 2. The smallest absolute Gasteiger partial charge is 0.319 e. The van der Waals surface area contributed by atoms with E-state index in [1.807, 2.05) is 25.1 Å². The fraction of sp³-hybridized carbons (Fsp3) is 0.391. The Hall–Kier alpha value is -2.21. The van der Waals surface area contributed by atoms with Crippen LogP contribution in [0.4, 0.5) is 5.69 Å². The van der Waals surface area contributed by atoms with Gasteiger partial charge in [-0.1, -0.05) is 29.3 Å². The molecule has 1 amide bonds. The van der Waals surface area contributed by atoms with Gasteiger partial charge in [0.1, 0.15) is 12.3 Å². The Morgan fingerprint density at radius 3 is 2.76 bits per heavy atom. The number of nitrogens with one attached hydrogen (secondary N) is 1. The number of likely N-dealkylation sites (tertiary alicyclic amines) is 1. The topological polar surface area (TPSA) is 66.0 Å². The number of nitrogens with zero attached hydrogens (tertiary/aromatic N) is 2. The van der Waals surface area contributed by atoms with Crippen LogP contribution in [0.1, 0.15) is 48.7 Å². The van der Waals surface area contributed by atoms with Crippen LogP contribution in [-0.2, 0) is 4.79 Å². The first kappa shape index (κ1) is 20.1. The van der Waals surface area contributed by atoms with Crippen molar-refractivity contribution in [2.45, 2.75) is 45.6 Å². The quantitative estimate of drug-likeness (QED) is 0.594. The number of hydrogen-bond acceptors (Lipinski definition) is 3. The number of amides is 1. The average molecular weight is 413 g/mol. The Kier molecular flexibility index (Phi) is 5.47. The van der Waals surface area contributed by atoms with Crippen LogP contribution in [0.5, 0.6) is 0 Å². The van der Waals surface area contributed by atoms with E-state index in [-0.39, 0.29) is 17.0 Å². The molecule has 1 aliphatic heterocycles. The zero-order chi connectivity index (χ0) is 20.6. The molecule has 2 N–H and O–H groups in total. The third-order valence-electron chi connectivity index (χ3n) is 6.11. The molecule has 29 heavy (non-hydrogen) atoms. The molecule has 1 aromatic heterocycles. The number of carbonyl (C=O) groups is 1. The minimum Gasteiger partial charge on any atom is -0.390 e. The monoisotopic (exact) mass is 412 g/mol. The van der Waals surface area contributed by atoms with Gasteiger partial charge in [0, 0.05) is 16.7 Å². The van der Waals surface area contributed by atoms with Crippen molar-refractivity contribution in [1.82, 2.24) is 14.5 Å². The number of halogens is 1. The van der Waals surface area contributed by atoms with Crippen LogP contribution < -0.4 is 4.48 Å². The van der Waals surface area contributed by atoms with Crippen molar-refractivity contribution in [3.05, 3.63) is 58.4 Å². The second-order valence-corrected chi connectivity index (χ2v) is 8.51. The number of quaternary nitrogens is 1. The summed E-state index contributed by atoms with van der Waals surface area (Å²) in [4.78, 5) is 21.7. The molecule has 6 heteroatoms. The Morgan fingerprint density at radius 1 is 1.17 bits per heavy atom. The van der Waals surface area contributed by atoms with E-state index < -0.39 is 6.04 Å². The number of fused-ring (bicyclic) bond motifs is 1. The predicted molar refractivity (Wildman–Crippen MR) is 117 cm³/mol. The van der Waals surface area contributed by atoms with Gasteiger partial charge in [0.25, 0.3) is 0 Å². The van der Waals surface area contributed by atoms with Crippen LogP contribution in [0, 0.1) is 13.8 Å². The highest BCUT2D eigenvalue weighted by Crippen LogP contribution is 2.41. The largest absolute Gasteiger partial charge is 0.390 e. The first-order valence-electron chi connectivity index (χ1n) is 10.2. The summed E-state index contributed by atoms with van der Waals surface area (Å²) in [5.74, 6) is 0.770. The van der Waals surface area contributed by atoms with E-state index in [0.717, 1.165) is 47.1 Å². The molecule has 2 heterocycles. The average Bonchev–Trinajstić information content (AvgIpc) is 2.99. The summed E-state index contributed by atoms with van der Waals surface area (Å²) in [6.45, 7) is 4.59. The van der Waals surface area contributed by atoms with Gasteiger partial charge in [0.15, 0.2) is 11.9 Å². The maximum atomic E-state index is 13.6. The molecule has 1 saturated heterocycles. The Labute approximate surface area is 175 Å². The number of aromatic amines is 1. The van der Waals surface area contributed by atoms with Crippen LogP contribution in [0.15, 0.2) is 36.4 Å². The van der Waals surface area contributed by atoms with Crippen LogP contribution in [0.3, 0.4) is 0 Å². The molecule has 0 saturated carbocycles. The lowest BCUT2D eigenvalue weighted by Crippen LogP contribution is -2.58. The summed E-state index contributed by atoms with van der Waals surface area (Å²) >= 11 is 6.14. The molecule has 1 aliphatic rings. The van der Waals surface area contributed by atoms with Gasteiger partial charge >= 0.3 is 5.91 Å². The van der Waals surface area contributed by atoms with E-state index in [2.05, 4.69) is 24.0 Å². The van der Waals surface area contributed by atoms with Crippen LogP contribution in [-0.4, -0.2) is 34.1 Å². The van der Waals surface area contributed by atoms with Gasteiger partial charge in [-0.05, 0) is 51.3 Å². The summed E-state index contributed by atoms with van der Waals surface area (Å²) in [6, 6.07) is 11.2. The van der Waals surface area contributed by atoms with E-state index in [1.165, 1.54) is 0 Å². The van der Waals surface area contributed by atoms with E-state index in [9.17, 15) is 9.90 Å². The van der Waals surface area contributed by atoms with Gasteiger partial charge in [0.2, 0.25) is 0 Å². The molecule has 0 bridgehead atoms. The minimum atomic E-state index is -0.492. The molecular formula is C23H27ClN3O2+. The normalized spacial score (nSPS) is 21.3. The maximum absolute atomic E-state index is 13.6. The number of H-pyrrole nitrogens is 1. The third kappa shape index (κ3) is 3.48. The van der Waals surface area contributed by atoms with Crippen molar-refractivity contribution in [2.24, 2.45) is 0 Å². The van der Waals surface area contributed by atoms with Crippen molar-refractivity contribution < 1.29 is 9.90 Å². The standard InChI is InChI=1S/C23H27ClN3O2/c1-15-7-10-20(16(2)12-15)27(11-5-3-4-6-22(27)29)21(14-28)23-25-18-9-8-17(24)13-19(18)26-23/h7-10,12-13,21,28H,3-6,11,14H2,1-2H3,(H,25,26)/q+1/t21-,27?/m0/s1. The number of benzene rings is 2. The van der Waals surface area contributed by atoms with Crippen molar-refractivity contribution in [1.29, 1.82) is 0 Å². The highest BCUT2D eigenvalue weighted by molar-refractivity contribution is 6.31. The van der Waals surface area contributed by atoms with Gasteiger partial charge in [-0.15, -0.1) is 0 Å². The third-order valence-corrected chi connectivity index (χ3v) is 6.35. The van der Waals surface area contributed by atoms with Crippen molar-refractivity contribution in [3.8, 4) is 0 Å². The number of rotatable bonds is 4. The molecule has 4 rings (SSSR count). The van der Waals surface area contributed by atoms with Gasteiger partial charge < -0.3 is 10.1 Å². The molecule has 2 atom stereocenters. The number of aliphatic hydroxyl groups excluding tert-OH is 1. The lowest BCUT2D eigenvalue weighted by Gasteiger charge is -2.40. The summed E-state index contributed by atoms with van der Waals surface area (Å²) in [5.41, 5.74) is 4.78. The Morgan fingerprint density at radius 2 is 2.00 bits per heavy atom. The van der Waals surface area contributed by atoms with E-state index in [4.69, 9.17) is 16.6 Å². The molecule has 0 radical (unpaired) electrons. The van der Waals surface area contributed by atoms with Crippen LogP contribution in [0.25, 0.3) is 11.0 Å². The zero-order valence-electron chi connectivity index (χ0n) is 16.9. The van der Waals surface area contributed by atoms with Gasteiger partial charge in [0.05, 0.1) is 24.0 Å². The second-order valence-electron chi connectivity index (χ2n) is 8.07. The molecule has 1 unspecified atom stereocenters. The maximum Gasteiger partial charge on any atom is 0.319 e. The Bertz CT molecular complexity index is 1060. The summed E-state index contributed by atoms with van der Waals surface area (Å²) < 4.78 is 0.107. The molecule has 2 aromatic carbocycles. The number of carbonyl (C=O) groups excluding carboxylic acids is 1. The van der Waals surface area contributed by atoms with Crippen molar-refractivity contribution in [3.63, 3.8) is 0 Å². The first-order chi connectivity index (χ1) is 14.0. The van der Waals surface area contributed by atoms with Crippen LogP contribution >= 0.6 is 11.6 Å². The molecule has 152 valence electrons. The predicted octanol–water partition coefficient (Wildman–Crippen LogP) is 4.97. The highest BCUT2D eigenvalue weighted by Gasteiger charge is 2.49. The SMILES string of the molecule is Cc1ccc([N+]2([C@@H](CO)c3nc4ccc(Cl)cc4[nH]3)CCCCCC2=O)c(C)c1. The number of aromatic nitrogens is 2. The van der Waals surface area contributed by atoms with Crippen molar-refractivity contribution >= 4 is 34.2 Å². The number of imidazole rings is 1. The number of aliphatic hydroxyl groups is 1. The number of hydrogen-bond donors (Lipinski definition) is 2. The van der Waals surface area contributed by atoms with E-state index in [0.29, 0.717) is 23.8 Å². The van der Waals surface area contributed by atoms with Gasteiger partial charge in [-0.25, -0.2) is 14.3 Å². The highest BCUT2D eigenvalue weighted by atomic mass is 35.5. The molecule has 0 spiro atoms. The molecule has 5 nitrogen and oxygen atoms in total. The minimum absolute atomic E-state index is 0.107. The van der Waals surface area contributed by atoms with Crippen LogP contribution in [0.2, 0.25) is 5.02 Å². The fourth-order valence-electron chi connectivity index (χ4n) is 4.74. The summed E-state index contributed by atoms with van der Waals surface area (Å²) in [5, 5.41) is 11.2. The van der Waals surface area contributed by atoms with E-state index in [1.54, 1.807) is 6.07 Å². The summed E-state index contributed by atoms with van der Waals surface area (Å²) in [7, 11) is 0. The molecule has 3 aromatic rings. The second kappa shape index (κ2) is 7.90. The molecular weight excluding hydrogens is 386 g/mol. The molecule has 1 fully saturated rings. The van der Waals surface area contributed by atoms with Gasteiger partial charge in [-0.2, -0.15) is 0 Å². The Balaban J connectivity index is 1.93.